The monoisotopic (exact) mass is 206 g/mol. The first-order chi connectivity index (χ1) is 7.31. The van der Waals surface area contributed by atoms with Crippen LogP contribution in [-0.4, -0.2) is 17.8 Å². The Morgan fingerprint density at radius 1 is 1.60 bits per heavy atom. The van der Waals surface area contributed by atoms with Crippen LogP contribution in [0.15, 0.2) is 21.6 Å². The van der Waals surface area contributed by atoms with Gasteiger partial charge in [0.15, 0.2) is 5.89 Å². The largest absolute Gasteiger partial charge is 0.423 e. The molecular weight excluding hydrogens is 192 g/mol. The summed E-state index contributed by atoms with van der Waals surface area (Å²) in [6.07, 6.45) is 6.39. The molecule has 4 nitrogen and oxygen atoms in total. The smallest absolute Gasteiger partial charge is 0.245 e. The number of rotatable bonds is 2. The lowest BCUT2D eigenvalue weighted by Crippen LogP contribution is -2.05. The number of oxazole rings is 1. The Hall–Kier alpha value is -1.42. The van der Waals surface area contributed by atoms with Crippen molar-refractivity contribution in [2.75, 3.05) is 6.61 Å². The fourth-order valence-corrected chi connectivity index (χ4v) is 1.57. The molecule has 0 saturated carbocycles. The molecule has 80 valence electrons. The van der Waals surface area contributed by atoms with Crippen LogP contribution >= 0.6 is 0 Å². The summed E-state index contributed by atoms with van der Waals surface area (Å²) in [5.74, 6) is 1.19. The summed E-state index contributed by atoms with van der Waals surface area (Å²) in [7, 11) is 0. The average molecular weight is 206 g/mol. The lowest BCUT2D eigenvalue weighted by atomic mass is 10.1. The molecule has 0 aromatic carbocycles. The summed E-state index contributed by atoms with van der Waals surface area (Å²) in [5.41, 5.74) is 0.801. The molecule has 2 heterocycles. The zero-order valence-electron chi connectivity index (χ0n) is 8.93. The second-order valence-corrected chi connectivity index (χ2v) is 3.31. The van der Waals surface area contributed by atoms with Crippen LogP contribution in [0.2, 0.25) is 0 Å². The maximum absolute atomic E-state index is 5.61. The van der Waals surface area contributed by atoms with E-state index in [1.807, 2.05) is 26.0 Å². The van der Waals surface area contributed by atoms with E-state index in [-0.39, 0.29) is 6.10 Å². The third kappa shape index (κ3) is 2.15. The van der Waals surface area contributed by atoms with E-state index in [1.54, 1.807) is 6.21 Å². The Morgan fingerprint density at radius 3 is 3.27 bits per heavy atom. The molecule has 0 amide bonds. The van der Waals surface area contributed by atoms with Crippen molar-refractivity contribution >= 4 is 12.1 Å². The number of ether oxygens (including phenoxy) is 1. The Bertz CT molecular complexity index is 393. The zero-order valence-corrected chi connectivity index (χ0v) is 8.93. The number of allylic oxidation sites excluding steroid dienone is 1. The van der Waals surface area contributed by atoms with E-state index in [0.29, 0.717) is 18.4 Å². The van der Waals surface area contributed by atoms with Crippen molar-refractivity contribution in [1.29, 1.82) is 0 Å². The second-order valence-electron chi connectivity index (χ2n) is 3.31. The Balaban J connectivity index is 2.37. The van der Waals surface area contributed by atoms with Gasteiger partial charge in [0.05, 0.1) is 0 Å². The van der Waals surface area contributed by atoms with Gasteiger partial charge in [-0.25, -0.2) is 9.98 Å². The fraction of sp³-hybridized carbons (Fsp3) is 0.455. The van der Waals surface area contributed by atoms with Gasteiger partial charge in [-0.3, -0.25) is 0 Å². The maximum atomic E-state index is 5.61. The van der Waals surface area contributed by atoms with Crippen molar-refractivity contribution in [3.05, 3.63) is 23.7 Å². The molecule has 0 spiro atoms. The van der Waals surface area contributed by atoms with Crippen molar-refractivity contribution in [1.82, 2.24) is 4.98 Å². The Morgan fingerprint density at radius 2 is 2.47 bits per heavy atom. The van der Waals surface area contributed by atoms with Crippen molar-refractivity contribution in [3.63, 3.8) is 0 Å². The molecule has 1 aromatic heterocycles. The third-order valence-electron chi connectivity index (χ3n) is 2.18. The molecule has 4 heteroatoms. The molecule has 0 bridgehead atoms. The van der Waals surface area contributed by atoms with E-state index in [1.165, 1.54) is 0 Å². The minimum Gasteiger partial charge on any atom is -0.423 e. The molecule has 0 radical (unpaired) electrons. The van der Waals surface area contributed by atoms with Gasteiger partial charge in [-0.2, -0.15) is 0 Å². The summed E-state index contributed by atoms with van der Waals surface area (Å²) < 4.78 is 11.0. The van der Waals surface area contributed by atoms with Gasteiger partial charge in [-0.1, -0.05) is 6.08 Å². The number of aliphatic imine (C=N–C) groups is 1. The topological polar surface area (TPSA) is 47.6 Å². The summed E-state index contributed by atoms with van der Waals surface area (Å²) in [6, 6.07) is 0. The molecule has 1 aromatic rings. The molecule has 0 fully saturated rings. The van der Waals surface area contributed by atoms with Crippen molar-refractivity contribution in [2.45, 2.75) is 26.4 Å². The molecule has 15 heavy (non-hydrogen) atoms. The van der Waals surface area contributed by atoms with E-state index in [0.717, 1.165) is 12.1 Å². The normalized spacial score (nSPS) is 19.7. The van der Waals surface area contributed by atoms with Crippen molar-refractivity contribution in [2.24, 2.45) is 4.99 Å². The van der Waals surface area contributed by atoms with Gasteiger partial charge in [0.2, 0.25) is 5.88 Å². The predicted molar refractivity (Wildman–Crippen MR) is 57.5 cm³/mol. The van der Waals surface area contributed by atoms with Gasteiger partial charge in [-0.15, -0.1) is 0 Å². The second kappa shape index (κ2) is 4.40. The van der Waals surface area contributed by atoms with Gasteiger partial charge < -0.3 is 9.15 Å². The predicted octanol–water partition coefficient (Wildman–Crippen LogP) is 2.72. The van der Waals surface area contributed by atoms with Crippen LogP contribution in [0.5, 0.6) is 0 Å². The van der Waals surface area contributed by atoms with Crippen LogP contribution in [0.3, 0.4) is 0 Å². The van der Waals surface area contributed by atoms with Crippen LogP contribution in [-0.2, 0) is 4.74 Å². The summed E-state index contributed by atoms with van der Waals surface area (Å²) in [4.78, 5) is 8.49. The standard InChI is InChI=1S/C11H14N2O2/c1-3-14-9-6-4-5-7-12-11-10(9)13-8(2)15-11/h4-5,7,9H,3,6H2,1-2H3/t9-/m1/s1. The number of hydrogen-bond donors (Lipinski definition) is 0. The van der Waals surface area contributed by atoms with E-state index in [4.69, 9.17) is 9.15 Å². The SMILES string of the molecule is CCO[C@@H]1CC=CC=Nc2oc(C)nc21. The Labute approximate surface area is 88.7 Å². The number of fused-ring (bicyclic) bond motifs is 1. The number of nitrogens with zero attached hydrogens (tertiary/aromatic N) is 2. The molecule has 0 saturated heterocycles. The zero-order chi connectivity index (χ0) is 10.7. The lowest BCUT2D eigenvalue weighted by molar-refractivity contribution is 0.0621. The summed E-state index contributed by atoms with van der Waals surface area (Å²) in [6.45, 7) is 4.45. The third-order valence-corrected chi connectivity index (χ3v) is 2.18. The first-order valence-corrected chi connectivity index (χ1v) is 5.09. The Kier molecular flexibility index (Phi) is 2.97. The lowest BCUT2D eigenvalue weighted by Gasteiger charge is -2.13. The van der Waals surface area contributed by atoms with Crippen LogP contribution in [0.1, 0.15) is 31.0 Å². The highest BCUT2D eigenvalue weighted by atomic mass is 16.5. The first kappa shape index (κ1) is 10.1. The van der Waals surface area contributed by atoms with Gasteiger partial charge in [-0.05, 0) is 19.4 Å². The fourth-order valence-electron chi connectivity index (χ4n) is 1.57. The van der Waals surface area contributed by atoms with Gasteiger partial charge in [0.1, 0.15) is 11.8 Å². The van der Waals surface area contributed by atoms with E-state index in [9.17, 15) is 0 Å². The molecule has 2 rings (SSSR count). The van der Waals surface area contributed by atoms with Crippen molar-refractivity contribution < 1.29 is 9.15 Å². The van der Waals surface area contributed by atoms with Gasteiger partial charge in [0, 0.05) is 19.7 Å². The molecular formula is C11H14N2O2. The van der Waals surface area contributed by atoms with Crippen molar-refractivity contribution in [3.8, 4) is 0 Å². The van der Waals surface area contributed by atoms with E-state index in [2.05, 4.69) is 9.98 Å². The number of aryl methyl sites for hydroxylation is 1. The van der Waals surface area contributed by atoms with Crippen LogP contribution in [0.4, 0.5) is 5.88 Å². The van der Waals surface area contributed by atoms with E-state index < -0.39 is 0 Å². The highest BCUT2D eigenvalue weighted by molar-refractivity contribution is 5.74. The summed E-state index contributed by atoms with van der Waals surface area (Å²) >= 11 is 0. The number of hydrogen-bond acceptors (Lipinski definition) is 4. The average Bonchev–Trinajstić information content (AvgIpc) is 2.54. The van der Waals surface area contributed by atoms with Crippen LogP contribution in [0, 0.1) is 6.92 Å². The quantitative estimate of drug-likeness (QED) is 0.747. The molecule has 0 N–H and O–H groups in total. The molecule has 1 aliphatic rings. The highest BCUT2D eigenvalue weighted by Crippen LogP contribution is 2.31. The van der Waals surface area contributed by atoms with Gasteiger partial charge >= 0.3 is 0 Å². The van der Waals surface area contributed by atoms with Crippen LogP contribution in [0.25, 0.3) is 0 Å². The molecule has 0 unspecified atom stereocenters. The minimum atomic E-state index is -0.0452. The number of aromatic nitrogens is 1. The minimum absolute atomic E-state index is 0.0452. The molecule has 1 aliphatic heterocycles. The molecule has 0 aliphatic carbocycles. The van der Waals surface area contributed by atoms with Crippen LogP contribution < -0.4 is 0 Å². The first-order valence-electron chi connectivity index (χ1n) is 5.09. The highest BCUT2D eigenvalue weighted by Gasteiger charge is 2.21. The summed E-state index contributed by atoms with van der Waals surface area (Å²) in [5, 5.41) is 0. The maximum Gasteiger partial charge on any atom is 0.245 e. The van der Waals surface area contributed by atoms with Gasteiger partial charge in [0.25, 0.3) is 0 Å². The van der Waals surface area contributed by atoms with E-state index >= 15 is 0 Å². The molecule has 1 atom stereocenters.